The zero-order valence-corrected chi connectivity index (χ0v) is 20.1. The Morgan fingerprint density at radius 3 is 2.61 bits per heavy atom. The molecule has 9 heteroatoms. The normalized spacial score (nSPS) is 13.5. The number of hydrogen-bond acceptors (Lipinski definition) is 7. The second kappa shape index (κ2) is 11.5. The van der Waals surface area contributed by atoms with Crippen LogP contribution in [0.2, 0.25) is 0 Å². The summed E-state index contributed by atoms with van der Waals surface area (Å²) in [6.45, 7) is 7.61. The minimum atomic E-state index is -0.807. The van der Waals surface area contributed by atoms with Gasteiger partial charge in [0.05, 0.1) is 10.5 Å². The lowest BCUT2D eigenvalue weighted by molar-refractivity contribution is -0.124. The first-order valence-corrected chi connectivity index (χ1v) is 12.2. The van der Waals surface area contributed by atoms with E-state index in [1.165, 1.54) is 22.7 Å². The van der Waals surface area contributed by atoms with Crippen LogP contribution in [0.25, 0.3) is 0 Å². The summed E-state index contributed by atoms with van der Waals surface area (Å²) in [6.07, 6.45) is 5.38. The van der Waals surface area contributed by atoms with Crippen LogP contribution < -0.4 is 10.6 Å². The standard InChI is InChI=1S/C22H31N3O4S2/c1-5-8-15(24-20(28)18(26)16-10-7-12-30-16)19(27)25-21-23-13-17(31-21)14(2)9-6-11-22(3,4)29/h7,10,12-15,29H,5-6,8-9,11H2,1-4H3,(H,24,28)(H,23,25,27). The number of aliphatic hydroxyl groups is 1. The molecule has 0 radical (unpaired) electrons. The smallest absolute Gasteiger partial charge is 0.293 e. The lowest BCUT2D eigenvalue weighted by Crippen LogP contribution is -2.46. The molecular weight excluding hydrogens is 434 g/mol. The maximum absolute atomic E-state index is 12.7. The number of nitrogens with one attached hydrogen (secondary N) is 2. The van der Waals surface area contributed by atoms with Crippen molar-refractivity contribution in [1.82, 2.24) is 10.3 Å². The molecule has 0 aliphatic rings. The Kier molecular flexibility index (Phi) is 9.33. The molecule has 0 saturated heterocycles. The number of thiazole rings is 1. The van der Waals surface area contributed by atoms with E-state index in [2.05, 4.69) is 22.5 Å². The highest BCUT2D eigenvalue weighted by Crippen LogP contribution is 2.30. The van der Waals surface area contributed by atoms with Gasteiger partial charge >= 0.3 is 0 Å². The van der Waals surface area contributed by atoms with Crippen molar-refractivity contribution in [1.29, 1.82) is 0 Å². The summed E-state index contributed by atoms with van der Waals surface area (Å²) in [7, 11) is 0. The average molecular weight is 466 g/mol. The van der Waals surface area contributed by atoms with E-state index in [0.29, 0.717) is 22.9 Å². The van der Waals surface area contributed by atoms with Gasteiger partial charge in [0.2, 0.25) is 5.91 Å². The van der Waals surface area contributed by atoms with Gasteiger partial charge in [0.25, 0.3) is 11.7 Å². The van der Waals surface area contributed by atoms with Crippen LogP contribution in [0.15, 0.2) is 23.7 Å². The van der Waals surface area contributed by atoms with Crippen LogP contribution in [0, 0.1) is 0 Å². The number of ketones is 1. The third kappa shape index (κ3) is 8.16. The zero-order valence-electron chi connectivity index (χ0n) is 18.4. The number of carbonyl (C=O) groups excluding carboxylic acids is 3. The maximum atomic E-state index is 12.7. The number of aromatic nitrogens is 1. The zero-order chi connectivity index (χ0) is 23.0. The van der Waals surface area contributed by atoms with Crippen LogP contribution >= 0.6 is 22.7 Å². The van der Waals surface area contributed by atoms with Crippen molar-refractivity contribution in [2.75, 3.05) is 5.32 Å². The van der Waals surface area contributed by atoms with Gasteiger partial charge in [-0.25, -0.2) is 4.98 Å². The molecule has 2 rings (SSSR count). The summed E-state index contributed by atoms with van der Waals surface area (Å²) < 4.78 is 0. The second-order valence-electron chi connectivity index (χ2n) is 8.28. The predicted molar refractivity (Wildman–Crippen MR) is 125 cm³/mol. The molecule has 2 atom stereocenters. The summed E-state index contributed by atoms with van der Waals surface area (Å²) in [4.78, 5) is 42.9. The van der Waals surface area contributed by atoms with Crippen molar-refractivity contribution < 1.29 is 19.5 Å². The molecule has 2 aromatic rings. The fourth-order valence-electron chi connectivity index (χ4n) is 3.05. The van der Waals surface area contributed by atoms with E-state index >= 15 is 0 Å². The molecule has 0 fully saturated rings. The molecule has 31 heavy (non-hydrogen) atoms. The predicted octanol–water partition coefficient (Wildman–Crippen LogP) is 4.36. The number of thiophene rings is 1. The number of hydrogen-bond donors (Lipinski definition) is 3. The fraction of sp³-hybridized carbons (Fsp3) is 0.545. The number of rotatable bonds is 12. The summed E-state index contributed by atoms with van der Waals surface area (Å²) in [5, 5.41) is 17.4. The van der Waals surface area contributed by atoms with E-state index in [4.69, 9.17) is 0 Å². The highest BCUT2D eigenvalue weighted by Gasteiger charge is 2.25. The van der Waals surface area contributed by atoms with Crippen molar-refractivity contribution in [3.8, 4) is 0 Å². The molecule has 7 nitrogen and oxygen atoms in total. The quantitative estimate of drug-likeness (QED) is 0.319. The van der Waals surface area contributed by atoms with Gasteiger partial charge in [0.1, 0.15) is 6.04 Å². The monoisotopic (exact) mass is 465 g/mol. The fourth-order valence-corrected chi connectivity index (χ4v) is 4.61. The number of carbonyl (C=O) groups is 3. The van der Waals surface area contributed by atoms with Gasteiger partial charge in [-0.05, 0) is 56.9 Å². The minimum absolute atomic E-state index is 0.264. The lowest BCUT2D eigenvalue weighted by Gasteiger charge is -2.17. The number of anilines is 1. The molecule has 0 saturated carbocycles. The van der Waals surface area contributed by atoms with Crippen LogP contribution in [0.3, 0.4) is 0 Å². The van der Waals surface area contributed by atoms with Crippen LogP contribution in [0.1, 0.15) is 80.3 Å². The van der Waals surface area contributed by atoms with Crippen molar-refractivity contribution in [3.63, 3.8) is 0 Å². The molecule has 3 N–H and O–H groups in total. The Balaban J connectivity index is 1.93. The van der Waals surface area contributed by atoms with Crippen molar-refractivity contribution >= 4 is 45.4 Å². The van der Waals surface area contributed by atoms with E-state index in [0.717, 1.165) is 24.1 Å². The first kappa shape index (κ1) is 25.2. The van der Waals surface area contributed by atoms with Crippen LogP contribution in [-0.4, -0.2) is 39.3 Å². The Hall–Kier alpha value is -2.10. The third-order valence-electron chi connectivity index (χ3n) is 4.82. The largest absolute Gasteiger partial charge is 0.390 e. The van der Waals surface area contributed by atoms with Gasteiger partial charge in [0.15, 0.2) is 5.13 Å². The molecule has 170 valence electrons. The van der Waals surface area contributed by atoms with Gasteiger partial charge in [0, 0.05) is 11.1 Å². The van der Waals surface area contributed by atoms with Crippen LogP contribution in [0.4, 0.5) is 5.13 Å². The topological polar surface area (TPSA) is 108 Å². The average Bonchev–Trinajstić information content (AvgIpc) is 3.38. The molecule has 2 heterocycles. The van der Waals surface area contributed by atoms with Gasteiger partial charge < -0.3 is 15.7 Å². The molecule has 0 aromatic carbocycles. The molecule has 0 aliphatic heterocycles. The van der Waals surface area contributed by atoms with Gasteiger partial charge in [-0.3, -0.25) is 14.4 Å². The first-order valence-electron chi connectivity index (χ1n) is 10.5. The van der Waals surface area contributed by atoms with E-state index in [1.54, 1.807) is 37.6 Å². The van der Waals surface area contributed by atoms with Crippen LogP contribution in [0.5, 0.6) is 0 Å². The summed E-state index contributed by atoms with van der Waals surface area (Å²) in [5.41, 5.74) is -0.670. The Labute approximate surface area is 191 Å². The molecule has 2 aromatic heterocycles. The molecule has 0 spiro atoms. The Morgan fingerprint density at radius 1 is 1.26 bits per heavy atom. The lowest BCUT2D eigenvalue weighted by atomic mass is 9.96. The number of amides is 2. The summed E-state index contributed by atoms with van der Waals surface area (Å²) in [6, 6.07) is 2.48. The van der Waals surface area contributed by atoms with E-state index in [1.807, 2.05) is 6.92 Å². The maximum Gasteiger partial charge on any atom is 0.293 e. The van der Waals surface area contributed by atoms with E-state index in [-0.39, 0.29) is 11.8 Å². The molecule has 0 bridgehead atoms. The first-order chi connectivity index (χ1) is 14.6. The number of nitrogens with zero attached hydrogens (tertiary/aromatic N) is 1. The Morgan fingerprint density at radius 2 is 2.00 bits per heavy atom. The molecule has 2 amide bonds. The van der Waals surface area contributed by atoms with Crippen molar-refractivity contribution in [2.24, 2.45) is 0 Å². The van der Waals surface area contributed by atoms with Gasteiger partial charge in [-0.1, -0.05) is 26.3 Å². The van der Waals surface area contributed by atoms with Crippen molar-refractivity contribution in [2.45, 2.75) is 77.4 Å². The summed E-state index contributed by atoms with van der Waals surface area (Å²) in [5.74, 6) is -1.54. The van der Waals surface area contributed by atoms with E-state index in [9.17, 15) is 19.5 Å². The summed E-state index contributed by atoms with van der Waals surface area (Å²) >= 11 is 2.59. The minimum Gasteiger partial charge on any atom is -0.390 e. The van der Waals surface area contributed by atoms with Crippen LogP contribution in [-0.2, 0) is 9.59 Å². The Bertz CT molecular complexity index is 872. The third-order valence-corrected chi connectivity index (χ3v) is 6.83. The molecule has 0 aliphatic carbocycles. The molecular formula is C22H31N3O4S2. The molecule has 2 unspecified atom stereocenters. The highest BCUT2D eigenvalue weighted by atomic mass is 32.1. The van der Waals surface area contributed by atoms with Crippen molar-refractivity contribution in [3.05, 3.63) is 33.5 Å². The SMILES string of the molecule is CCCC(NC(=O)C(=O)c1cccs1)C(=O)Nc1ncc(C(C)CCCC(C)(C)O)s1. The van der Waals surface area contributed by atoms with Gasteiger partial charge in [-0.2, -0.15) is 0 Å². The second-order valence-corrected chi connectivity index (χ2v) is 10.3. The number of Topliss-reactive ketones (excluding diaryl/α,β-unsaturated/α-hetero) is 1. The van der Waals surface area contributed by atoms with Gasteiger partial charge in [-0.15, -0.1) is 22.7 Å². The van der Waals surface area contributed by atoms with E-state index < -0.39 is 23.3 Å². The highest BCUT2D eigenvalue weighted by molar-refractivity contribution is 7.15.